The fourth-order valence-electron chi connectivity index (χ4n) is 6.28. The van der Waals surface area contributed by atoms with Crippen molar-refractivity contribution >= 4 is 17.0 Å². The highest BCUT2D eigenvalue weighted by molar-refractivity contribution is 5.88. The van der Waals surface area contributed by atoms with Crippen molar-refractivity contribution in [3.8, 4) is 0 Å². The summed E-state index contributed by atoms with van der Waals surface area (Å²) in [5, 5.41) is 9.65. The van der Waals surface area contributed by atoms with Gasteiger partial charge in [0.15, 0.2) is 0 Å². The molecule has 3 heterocycles. The van der Waals surface area contributed by atoms with Crippen LogP contribution in [-0.4, -0.2) is 37.6 Å². The van der Waals surface area contributed by atoms with Gasteiger partial charge < -0.3 is 9.67 Å². The lowest BCUT2D eigenvalue weighted by Gasteiger charge is -2.44. The van der Waals surface area contributed by atoms with Crippen molar-refractivity contribution in [2.45, 2.75) is 49.9 Å². The normalized spacial score (nSPS) is 22.0. The van der Waals surface area contributed by atoms with Gasteiger partial charge in [-0.1, -0.05) is 72.8 Å². The van der Waals surface area contributed by atoms with Gasteiger partial charge in [-0.05, 0) is 48.9 Å². The monoisotopic (exact) mass is 465 g/mol. The van der Waals surface area contributed by atoms with Gasteiger partial charge in [-0.3, -0.25) is 9.69 Å². The van der Waals surface area contributed by atoms with Crippen LogP contribution in [0.4, 0.5) is 0 Å². The summed E-state index contributed by atoms with van der Waals surface area (Å²) in [6.45, 7) is 0. The Kier molecular flexibility index (Phi) is 5.46. The minimum absolute atomic E-state index is 0.0607. The molecule has 2 fully saturated rings. The summed E-state index contributed by atoms with van der Waals surface area (Å²) in [5.41, 5.74) is 2.90. The van der Waals surface area contributed by atoms with Crippen LogP contribution in [0.15, 0.2) is 89.7 Å². The predicted octanol–water partition coefficient (Wildman–Crippen LogP) is 5.05. The largest absolute Gasteiger partial charge is 0.476 e. The fourth-order valence-corrected chi connectivity index (χ4v) is 6.28. The highest BCUT2D eigenvalue weighted by Gasteiger charge is 2.45. The number of carboxylic acids is 1. The quantitative estimate of drug-likeness (QED) is 0.446. The van der Waals surface area contributed by atoms with E-state index >= 15 is 0 Å². The van der Waals surface area contributed by atoms with Crippen LogP contribution in [0.5, 0.6) is 0 Å². The second-order valence-corrected chi connectivity index (χ2v) is 9.61. The number of benzene rings is 3. The summed E-state index contributed by atoms with van der Waals surface area (Å²) in [6, 6.07) is 29.3. The van der Waals surface area contributed by atoms with Crippen LogP contribution < -0.4 is 5.56 Å². The molecule has 1 aromatic heterocycles. The maximum Gasteiger partial charge on any atom is 0.360 e. The lowest BCUT2D eigenvalue weighted by atomic mass is 9.89. The van der Waals surface area contributed by atoms with Crippen molar-refractivity contribution in [2.75, 3.05) is 0 Å². The van der Waals surface area contributed by atoms with Crippen LogP contribution >= 0.6 is 0 Å². The van der Waals surface area contributed by atoms with E-state index in [1.165, 1.54) is 11.1 Å². The molecular formula is C29H27N3O3. The van der Waals surface area contributed by atoms with Crippen LogP contribution in [0.25, 0.3) is 11.0 Å². The van der Waals surface area contributed by atoms with Gasteiger partial charge >= 0.3 is 5.97 Å². The molecule has 0 aliphatic carbocycles. The van der Waals surface area contributed by atoms with Gasteiger partial charge in [-0.25, -0.2) is 9.78 Å². The molecule has 6 rings (SSSR count). The zero-order valence-electron chi connectivity index (χ0n) is 19.3. The predicted molar refractivity (Wildman–Crippen MR) is 135 cm³/mol. The lowest BCUT2D eigenvalue weighted by Crippen LogP contribution is -2.47. The molecule has 0 amide bonds. The summed E-state index contributed by atoms with van der Waals surface area (Å²) in [7, 11) is 0. The molecule has 6 nitrogen and oxygen atoms in total. The highest BCUT2D eigenvalue weighted by Crippen LogP contribution is 2.47. The molecule has 2 unspecified atom stereocenters. The molecule has 3 aromatic carbocycles. The molecule has 0 spiro atoms. The molecule has 176 valence electrons. The third kappa shape index (κ3) is 3.74. The first-order valence-corrected chi connectivity index (χ1v) is 12.2. The first kappa shape index (κ1) is 21.7. The highest BCUT2D eigenvalue weighted by atomic mass is 16.4. The van der Waals surface area contributed by atoms with Gasteiger partial charge in [0.2, 0.25) is 5.69 Å². The van der Waals surface area contributed by atoms with E-state index in [2.05, 4.69) is 58.4 Å². The smallest absolute Gasteiger partial charge is 0.360 e. The number of nitrogens with zero attached hydrogens (tertiary/aromatic N) is 3. The Labute approximate surface area is 203 Å². The van der Waals surface area contributed by atoms with Crippen molar-refractivity contribution in [1.82, 2.24) is 14.5 Å². The molecule has 0 radical (unpaired) electrons. The van der Waals surface area contributed by atoms with Gasteiger partial charge in [0.05, 0.1) is 17.1 Å². The number of rotatable bonds is 5. The number of carbonyl (C=O) groups is 1. The summed E-state index contributed by atoms with van der Waals surface area (Å²) in [4.78, 5) is 31.9. The lowest BCUT2D eigenvalue weighted by molar-refractivity contribution is 0.0681. The van der Waals surface area contributed by atoms with Crippen LogP contribution in [0, 0.1) is 0 Å². The molecule has 0 saturated carbocycles. The zero-order chi connectivity index (χ0) is 23.9. The van der Waals surface area contributed by atoms with Crippen LogP contribution in [-0.2, 0) is 0 Å². The minimum atomic E-state index is -1.27. The van der Waals surface area contributed by atoms with Gasteiger partial charge in [0, 0.05) is 18.1 Å². The first-order chi connectivity index (χ1) is 17.1. The van der Waals surface area contributed by atoms with Crippen LogP contribution in [0.2, 0.25) is 0 Å². The SMILES string of the molecule is O=C(O)c1nc2ccccc2n(C2CC3CCC(C2)N3C(c2ccccc2)c2ccccc2)c1=O. The number of piperidine rings is 1. The molecule has 2 aliphatic heterocycles. The van der Waals surface area contributed by atoms with Crippen molar-refractivity contribution < 1.29 is 9.90 Å². The van der Waals surface area contributed by atoms with E-state index < -0.39 is 17.2 Å². The van der Waals surface area contributed by atoms with Gasteiger partial charge in [0.25, 0.3) is 5.56 Å². The Morgan fingerprint density at radius 2 is 1.34 bits per heavy atom. The second kappa shape index (κ2) is 8.78. The van der Waals surface area contributed by atoms with Crippen molar-refractivity contribution in [2.24, 2.45) is 0 Å². The topological polar surface area (TPSA) is 75.4 Å². The molecule has 6 heteroatoms. The van der Waals surface area contributed by atoms with Crippen LogP contribution in [0.3, 0.4) is 0 Å². The molecule has 2 atom stereocenters. The van der Waals surface area contributed by atoms with E-state index in [1.807, 2.05) is 30.3 Å². The molecular weight excluding hydrogens is 438 g/mol. The summed E-state index contributed by atoms with van der Waals surface area (Å²) in [5.74, 6) is -1.27. The van der Waals surface area contributed by atoms with Gasteiger partial charge in [-0.15, -0.1) is 0 Å². The molecule has 2 saturated heterocycles. The van der Waals surface area contributed by atoms with E-state index in [9.17, 15) is 14.7 Å². The Balaban J connectivity index is 1.42. The van der Waals surface area contributed by atoms with Gasteiger partial charge in [-0.2, -0.15) is 0 Å². The van der Waals surface area contributed by atoms with Crippen LogP contribution in [0.1, 0.15) is 59.4 Å². The maximum absolute atomic E-state index is 13.3. The Hall–Kier alpha value is -3.77. The number of aromatic nitrogens is 2. The number of carboxylic acid groups (broad SMARTS) is 1. The average Bonchev–Trinajstić information content (AvgIpc) is 3.13. The summed E-state index contributed by atoms with van der Waals surface area (Å²) >= 11 is 0. The molecule has 2 aliphatic rings. The summed E-state index contributed by atoms with van der Waals surface area (Å²) < 4.78 is 1.72. The first-order valence-electron chi connectivity index (χ1n) is 12.2. The minimum Gasteiger partial charge on any atom is -0.476 e. The molecule has 35 heavy (non-hydrogen) atoms. The standard InChI is InChI=1S/C29H27N3O3/c33-28-26(29(34)35)30-24-13-7-8-14-25(24)32(28)23-17-21-15-16-22(18-23)31(21)27(19-9-3-1-4-10-19)20-11-5-2-6-12-20/h1-14,21-23,27H,15-18H2,(H,34,35). The van der Waals surface area contributed by atoms with Gasteiger partial charge in [0.1, 0.15) is 0 Å². The Morgan fingerprint density at radius 1 is 0.800 bits per heavy atom. The molecule has 2 bridgehead atoms. The van der Waals surface area contributed by atoms with E-state index in [4.69, 9.17) is 0 Å². The van der Waals surface area contributed by atoms with E-state index in [0.717, 1.165) is 25.7 Å². The number of fused-ring (bicyclic) bond motifs is 3. The zero-order valence-corrected chi connectivity index (χ0v) is 19.3. The fraction of sp³-hybridized carbons (Fsp3) is 0.276. The number of para-hydroxylation sites is 2. The van der Waals surface area contributed by atoms with Crippen molar-refractivity contribution in [1.29, 1.82) is 0 Å². The third-order valence-corrected chi connectivity index (χ3v) is 7.66. The van der Waals surface area contributed by atoms with E-state index in [0.29, 0.717) is 23.1 Å². The number of hydrogen-bond acceptors (Lipinski definition) is 4. The second-order valence-electron chi connectivity index (χ2n) is 9.61. The average molecular weight is 466 g/mol. The number of hydrogen-bond donors (Lipinski definition) is 1. The molecule has 4 aromatic rings. The maximum atomic E-state index is 13.3. The Bertz CT molecular complexity index is 1380. The third-order valence-electron chi connectivity index (χ3n) is 7.66. The Morgan fingerprint density at radius 3 is 1.91 bits per heavy atom. The van der Waals surface area contributed by atoms with Crippen molar-refractivity contribution in [3.63, 3.8) is 0 Å². The van der Waals surface area contributed by atoms with E-state index in [1.54, 1.807) is 10.6 Å². The van der Waals surface area contributed by atoms with Crippen molar-refractivity contribution in [3.05, 3.63) is 112 Å². The summed E-state index contributed by atoms with van der Waals surface area (Å²) in [6.07, 6.45) is 3.75. The molecule has 1 N–H and O–H groups in total. The number of aromatic carboxylic acids is 1. The van der Waals surface area contributed by atoms with E-state index in [-0.39, 0.29) is 12.1 Å².